The molecule has 8 nitrogen and oxygen atoms in total. The number of hydrogen-bond donors (Lipinski definition) is 0. The van der Waals surface area contributed by atoms with Gasteiger partial charge in [0, 0.05) is 22.1 Å². The van der Waals surface area contributed by atoms with E-state index in [1.165, 1.54) is 14.2 Å². The molecule has 2 aromatic carbocycles. The van der Waals surface area contributed by atoms with Crippen molar-refractivity contribution in [3.63, 3.8) is 0 Å². The van der Waals surface area contributed by atoms with Gasteiger partial charge in [-0.15, -0.1) is 0 Å². The molecule has 0 amide bonds. The Morgan fingerprint density at radius 1 is 0.735 bits per heavy atom. The standard InChI is InChI=1S/C15H21BO5.C9H9BrO3/c1-14(2)15(3,4)21-16(20-14)12-7-10(18-5)8-13(19-6)11(12)9-17;1-12-6-3-8(10)7(5-11)9(4-6)13-2/h7-9H,1-6H3;3-5H,1-2H3. The molecule has 2 aromatic rings. The highest BCUT2D eigenvalue weighted by atomic mass is 79.9. The van der Waals surface area contributed by atoms with Gasteiger partial charge in [0.15, 0.2) is 12.6 Å². The van der Waals surface area contributed by atoms with Crippen LogP contribution in [0.4, 0.5) is 0 Å². The highest BCUT2D eigenvalue weighted by Gasteiger charge is 2.52. The van der Waals surface area contributed by atoms with Crippen LogP contribution >= 0.6 is 15.9 Å². The Balaban J connectivity index is 0.000000270. The minimum absolute atomic E-state index is 0.414. The van der Waals surface area contributed by atoms with E-state index in [9.17, 15) is 9.59 Å². The van der Waals surface area contributed by atoms with Crippen LogP contribution in [0.3, 0.4) is 0 Å². The quantitative estimate of drug-likeness (QED) is 0.386. The van der Waals surface area contributed by atoms with Gasteiger partial charge in [0.2, 0.25) is 0 Å². The molecule has 0 atom stereocenters. The molecule has 0 N–H and O–H groups in total. The maximum Gasteiger partial charge on any atom is 0.495 e. The minimum atomic E-state index is -0.640. The zero-order valence-electron chi connectivity index (χ0n) is 20.7. The lowest BCUT2D eigenvalue weighted by Gasteiger charge is -2.32. The molecule has 0 radical (unpaired) electrons. The first-order valence-corrected chi connectivity index (χ1v) is 11.2. The molecule has 0 saturated carbocycles. The molecule has 0 bridgehead atoms. The summed E-state index contributed by atoms with van der Waals surface area (Å²) in [6.45, 7) is 7.85. The largest absolute Gasteiger partial charge is 0.497 e. The summed E-state index contributed by atoms with van der Waals surface area (Å²) < 4.78 is 33.2. The predicted octanol–water partition coefficient (Wildman–Crippen LogP) is 4.09. The molecule has 0 spiro atoms. The number of hydrogen-bond acceptors (Lipinski definition) is 8. The number of methoxy groups -OCH3 is 4. The second kappa shape index (κ2) is 11.2. The Morgan fingerprint density at radius 3 is 1.59 bits per heavy atom. The van der Waals surface area contributed by atoms with E-state index in [0.29, 0.717) is 44.1 Å². The summed E-state index contributed by atoms with van der Waals surface area (Å²) in [6, 6.07) is 6.79. The summed E-state index contributed by atoms with van der Waals surface area (Å²) in [6.07, 6.45) is 1.49. The Morgan fingerprint density at radius 2 is 1.18 bits per heavy atom. The van der Waals surface area contributed by atoms with E-state index < -0.39 is 18.3 Å². The minimum Gasteiger partial charge on any atom is -0.497 e. The number of aldehydes is 2. The summed E-state index contributed by atoms with van der Waals surface area (Å²) >= 11 is 3.25. The van der Waals surface area contributed by atoms with Crippen molar-refractivity contribution >= 4 is 41.1 Å². The van der Waals surface area contributed by atoms with Crippen molar-refractivity contribution in [2.24, 2.45) is 0 Å². The highest BCUT2D eigenvalue weighted by Crippen LogP contribution is 2.37. The van der Waals surface area contributed by atoms with Gasteiger partial charge in [-0.05, 0) is 55.8 Å². The lowest BCUT2D eigenvalue weighted by atomic mass is 9.75. The number of carbonyl (C=O) groups is 2. The Labute approximate surface area is 209 Å². The first-order chi connectivity index (χ1) is 16.0. The number of benzene rings is 2. The second-order valence-electron chi connectivity index (χ2n) is 8.38. The van der Waals surface area contributed by atoms with Crippen LogP contribution in [0.25, 0.3) is 0 Å². The average Bonchev–Trinajstić information content (AvgIpc) is 3.04. The molecule has 1 heterocycles. The van der Waals surface area contributed by atoms with Crippen molar-refractivity contribution < 1.29 is 37.8 Å². The van der Waals surface area contributed by atoms with Gasteiger partial charge in [-0.3, -0.25) is 9.59 Å². The maximum atomic E-state index is 11.5. The fourth-order valence-corrected chi connectivity index (χ4v) is 3.68. The highest BCUT2D eigenvalue weighted by molar-refractivity contribution is 9.10. The summed E-state index contributed by atoms with van der Waals surface area (Å²) in [5.74, 6) is 2.17. The lowest BCUT2D eigenvalue weighted by Crippen LogP contribution is -2.41. The lowest BCUT2D eigenvalue weighted by molar-refractivity contribution is 0.00578. The van der Waals surface area contributed by atoms with Crippen molar-refractivity contribution in [1.82, 2.24) is 0 Å². The van der Waals surface area contributed by atoms with E-state index in [-0.39, 0.29) is 0 Å². The molecule has 3 rings (SSSR count). The molecular formula is C24H30BBrO8. The zero-order chi connectivity index (χ0) is 25.7. The summed E-state index contributed by atoms with van der Waals surface area (Å²) in [4.78, 5) is 22.1. The molecule has 1 aliphatic heterocycles. The van der Waals surface area contributed by atoms with Crippen LogP contribution in [0, 0.1) is 0 Å². The molecule has 1 fully saturated rings. The fourth-order valence-electron chi connectivity index (χ4n) is 3.17. The molecule has 0 aromatic heterocycles. The first-order valence-electron chi connectivity index (χ1n) is 10.4. The topological polar surface area (TPSA) is 89.5 Å². The molecule has 1 saturated heterocycles. The van der Waals surface area contributed by atoms with E-state index in [4.69, 9.17) is 28.3 Å². The molecule has 10 heteroatoms. The second-order valence-corrected chi connectivity index (χ2v) is 9.24. The third-order valence-corrected chi connectivity index (χ3v) is 6.52. The van der Waals surface area contributed by atoms with Gasteiger partial charge in [-0.25, -0.2) is 0 Å². The monoisotopic (exact) mass is 536 g/mol. The third-order valence-electron chi connectivity index (χ3n) is 5.87. The van der Waals surface area contributed by atoms with Gasteiger partial charge < -0.3 is 28.3 Å². The van der Waals surface area contributed by atoms with Crippen LogP contribution in [0.5, 0.6) is 23.0 Å². The smallest absolute Gasteiger partial charge is 0.495 e. The Kier molecular flexibility index (Phi) is 9.16. The van der Waals surface area contributed by atoms with Crippen LogP contribution in [0.2, 0.25) is 0 Å². The van der Waals surface area contributed by atoms with Gasteiger partial charge in [0.25, 0.3) is 0 Å². The molecular weight excluding hydrogens is 507 g/mol. The van der Waals surface area contributed by atoms with Crippen LogP contribution in [-0.4, -0.2) is 59.3 Å². The number of rotatable bonds is 7. The van der Waals surface area contributed by atoms with Crippen molar-refractivity contribution in [2.75, 3.05) is 28.4 Å². The number of carbonyl (C=O) groups excluding carboxylic acids is 2. The molecule has 1 aliphatic rings. The van der Waals surface area contributed by atoms with Crippen LogP contribution in [0.1, 0.15) is 48.4 Å². The SMILES string of the molecule is COc1cc(Br)c(C=O)c(OC)c1.COc1cc(OC)c(C=O)c(B2OC(C)(C)C(C)(C)O2)c1. The van der Waals surface area contributed by atoms with Gasteiger partial charge in [0.1, 0.15) is 23.0 Å². The molecule has 184 valence electrons. The third kappa shape index (κ3) is 5.74. The first kappa shape index (κ1) is 27.7. The van der Waals surface area contributed by atoms with E-state index in [0.717, 1.165) is 12.6 Å². The molecule has 34 heavy (non-hydrogen) atoms. The van der Waals surface area contributed by atoms with E-state index >= 15 is 0 Å². The number of ether oxygens (including phenoxy) is 4. The van der Waals surface area contributed by atoms with Crippen LogP contribution in [-0.2, 0) is 9.31 Å². The van der Waals surface area contributed by atoms with Crippen molar-refractivity contribution in [3.8, 4) is 23.0 Å². The summed E-state index contributed by atoms with van der Waals surface area (Å²) in [5.41, 5.74) is 0.558. The van der Waals surface area contributed by atoms with Gasteiger partial charge >= 0.3 is 7.12 Å². The van der Waals surface area contributed by atoms with Gasteiger partial charge in [-0.1, -0.05) is 0 Å². The van der Waals surface area contributed by atoms with Crippen LogP contribution < -0.4 is 24.4 Å². The summed E-state index contributed by atoms with van der Waals surface area (Å²) in [5, 5.41) is 0. The van der Waals surface area contributed by atoms with Crippen LogP contribution in [0.15, 0.2) is 28.7 Å². The van der Waals surface area contributed by atoms with Crippen molar-refractivity contribution in [3.05, 3.63) is 39.9 Å². The summed E-state index contributed by atoms with van der Waals surface area (Å²) in [7, 11) is 5.49. The predicted molar refractivity (Wildman–Crippen MR) is 133 cm³/mol. The van der Waals surface area contributed by atoms with E-state index in [1.807, 2.05) is 27.7 Å². The molecule has 0 aliphatic carbocycles. The normalized spacial score (nSPS) is 15.6. The van der Waals surface area contributed by atoms with Crippen molar-refractivity contribution in [2.45, 2.75) is 38.9 Å². The van der Waals surface area contributed by atoms with Crippen molar-refractivity contribution in [1.29, 1.82) is 0 Å². The van der Waals surface area contributed by atoms with Gasteiger partial charge in [-0.2, -0.15) is 0 Å². The van der Waals surface area contributed by atoms with E-state index in [1.54, 1.807) is 38.5 Å². The maximum absolute atomic E-state index is 11.5. The molecule has 0 unspecified atom stereocenters. The zero-order valence-corrected chi connectivity index (χ0v) is 22.3. The van der Waals surface area contributed by atoms with E-state index in [2.05, 4.69) is 15.9 Å². The fraction of sp³-hybridized carbons (Fsp3) is 0.417. The van der Waals surface area contributed by atoms with Gasteiger partial charge in [0.05, 0.1) is 50.8 Å². The number of halogens is 1. The average molecular weight is 537 g/mol. The Bertz CT molecular complexity index is 1020. The Hall–Kier alpha value is -2.56.